The summed E-state index contributed by atoms with van der Waals surface area (Å²) in [5.74, 6) is 0. The van der Waals surface area contributed by atoms with Crippen molar-refractivity contribution in [2.24, 2.45) is 0 Å². The van der Waals surface area contributed by atoms with E-state index in [2.05, 4.69) is 26.6 Å². The molecular formula is C11H14BrClN2O2. The van der Waals surface area contributed by atoms with Gasteiger partial charge in [0.1, 0.15) is 0 Å². The maximum atomic E-state index is 11.6. The molecule has 0 spiro atoms. The predicted molar refractivity (Wildman–Crippen MR) is 72.6 cm³/mol. The lowest BCUT2D eigenvalue weighted by atomic mass is 10.2. The van der Waals surface area contributed by atoms with E-state index in [0.29, 0.717) is 10.7 Å². The first-order chi connectivity index (χ1) is 7.93. The molecule has 94 valence electrons. The Morgan fingerprint density at radius 1 is 1.59 bits per heavy atom. The molecule has 1 atom stereocenters. The first kappa shape index (κ1) is 14.3. The van der Waals surface area contributed by atoms with Crippen molar-refractivity contribution in [3.63, 3.8) is 0 Å². The third-order valence-electron chi connectivity index (χ3n) is 2.14. The van der Waals surface area contributed by atoms with E-state index in [0.717, 1.165) is 10.0 Å². The quantitative estimate of drug-likeness (QED) is 0.801. The summed E-state index contributed by atoms with van der Waals surface area (Å²) in [4.78, 5) is 11.6. The minimum absolute atomic E-state index is 0.111. The molecule has 0 radical (unpaired) electrons. The van der Waals surface area contributed by atoms with Crippen LogP contribution in [-0.4, -0.2) is 23.8 Å². The minimum Gasteiger partial charge on any atom is -0.394 e. The van der Waals surface area contributed by atoms with E-state index in [1.807, 2.05) is 13.0 Å². The van der Waals surface area contributed by atoms with Crippen molar-refractivity contribution in [1.29, 1.82) is 0 Å². The van der Waals surface area contributed by atoms with Gasteiger partial charge in [-0.1, -0.05) is 27.5 Å². The van der Waals surface area contributed by atoms with Crippen molar-refractivity contribution >= 4 is 39.2 Å². The second kappa shape index (κ2) is 6.23. The van der Waals surface area contributed by atoms with Gasteiger partial charge in [-0.3, -0.25) is 0 Å². The monoisotopic (exact) mass is 320 g/mol. The molecule has 2 amide bonds. The second-order valence-electron chi connectivity index (χ2n) is 3.76. The SMILES string of the molecule is Cc1cc(Br)cc(Cl)c1NC(=O)N[C@@H](C)CO. The van der Waals surface area contributed by atoms with Crippen LogP contribution in [0.15, 0.2) is 16.6 Å². The van der Waals surface area contributed by atoms with Crippen molar-refractivity contribution in [1.82, 2.24) is 5.32 Å². The van der Waals surface area contributed by atoms with Crippen LogP contribution in [0.3, 0.4) is 0 Å². The largest absolute Gasteiger partial charge is 0.394 e. The molecule has 0 aliphatic heterocycles. The van der Waals surface area contributed by atoms with Crippen LogP contribution in [0.2, 0.25) is 5.02 Å². The van der Waals surface area contributed by atoms with Gasteiger partial charge in [-0.05, 0) is 31.5 Å². The summed E-state index contributed by atoms with van der Waals surface area (Å²) in [5.41, 5.74) is 1.42. The molecule has 3 N–H and O–H groups in total. The van der Waals surface area contributed by atoms with Crippen LogP contribution in [0.5, 0.6) is 0 Å². The van der Waals surface area contributed by atoms with Gasteiger partial charge in [0.05, 0.1) is 23.4 Å². The van der Waals surface area contributed by atoms with Crippen LogP contribution in [0, 0.1) is 6.92 Å². The van der Waals surface area contributed by atoms with Gasteiger partial charge in [-0.15, -0.1) is 0 Å². The number of halogens is 2. The number of aryl methyl sites for hydroxylation is 1. The standard InChI is InChI=1S/C11H14BrClN2O2/c1-6-3-8(12)4-9(13)10(6)15-11(17)14-7(2)5-16/h3-4,7,16H,5H2,1-2H3,(H2,14,15,17)/t7-/m0/s1. The van der Waals surface area contributed by atoms with Gasteiger partial charge in [0, 0.05) is 4.47 Å². The number of anilines is 1. The van der Waals surface area contributed by atoms with E-state index in [-0.39, 0.29) is 18.7 Å². The molecule has 4 nitrogen and oxygen atoms in total. The summed E-state index contributed by atoms with van der Waals surface area (Å²) in [7, 11) is 0. The Balaban J connectivity index is 2.78. The molecule has 0 aliphatic rings. The molecule has 0 saturated heterocycles. The molecule has 0 fully saturated rings. The number of carbonyl (C=O) groups excluding carboxylic acids is 1. The maximum Gasteiger partial charge on any atom is 0.319 e. The number of carbonyl (C=O) groups is 1. The molecular weight excluding hydrogens is 307 g/mol. The topological polar surface area (TPSA) is 61.4 Å². The molecule has 0 bridgehead atoms. The van der Waals surface area contributed by atoms with Crippen molar-refractivity contribution in [2.45, 2.75) is 19.9 Å². The number of urea groups is 1. The number of aliphatic hydroxyl groups is 1. The Bertz CT molecular complexity index is 403. The fraction of sp³-hybridized carbons (Fsp3) is 0.364. The third kappa shape index (κ3) is 4.18. The zero-order chi connectivity index (χ0) is 13.0. The Kier molecular flexibility index (Phi) is 5.24. The summed E-state index contributed by atoms with van der Waals surface area (Å²) < 4.78 is 0.856. The number of aliphatic hydroxyl groups excluding tert-OH is 1. The van der Waals surface area contributed by atoms with Crippen LogP contribution < -0.4 is 10.6 Å². The zero-order valence-corrected chi connectivity index (χ0v) is 11.9. The van der Waals surface area contributed by atoms with Gasteiger partial charge in [-0.25, -0.2) is 4.79 Å². The Labute approximate surface area is 113 Å². The van der Waals surface area contributed by atoms with Crippen LogP contribution in [0.25, 0.3) is 0 Å². The van der Waals surface area contributed by atoms with E-state index >= 15 is 0 Å². The van der Waals surface area contributed by atoms with Crippen molar-refractivity contribution in [3.05, 3.63) is 27.2 Å². The van der Waals surface area contributed by atoms with Gasteiger partial charge in [0.25, 0.3) is 0 Å². The summed E-state index contributed by atoms with van der Waals surface area (Å²) >= 11 is 9.35. The fourth-order valence-electron chi connectivity index (χ4n) is 1.28. The average molecular weight is 322 g/mol. The van der Waals surface area contributed by atoms with Crippen LogP contribution in [0.1, 0.15) is 12.5 Å². The molecule has 0 saturated carbocycles. The molecule has 0 aliphatic carbocycles. The first-order valence-electron chi connectivity index (χ1n) is 5.08. The number of amides is 2. The summed E-state index contributed by atoms with van der Waals surface area (Å²) in [6.07, 6.45) is 0. The second-order valence-corrected chi connectivity index (χ2v) is 5.08. The van der Waals surface area contributed by atoms with Crippen LogP contribution in [0.4, 0.5) is 10.5 Å². The molecule has 1 aromatic rings. The van der Waals surface area contributed by atoms with E-state index < -0.39 is 0 Å². The van der Waals surface area contributed by atoms with Gasteiger partial charge in [-0.2, -0.15) is 0 Å². The van der Waals surface area contributed by atoms with Crippen LogP contribution in [-0.2, 0) is 0 Å². The molecule has 1 rings (SSSR count). The molecule has 0 heterocycles. The number of nitrogens with one attached hydrogen (secondary N) is 2. The maximum absolute atomic E-state index is 11.6. The molecule has 6 heteroatoms. The lowest BCUT2D eigenvalue weighted by Crippen LogP contribution is -2.38. The highest BCUT2D eigenvalue weighted by atomic mass is 79.9. The molecule has 0 aromatic heterocycles. The zero-order valence-electron chi connectivity index (χ0n) is 9.55. The third-order valence-corrected chi connectivity index (χ3v) is 2.90. The van der Waals surface area contributed by atoms with Crippen molar-refractivity contribution in [3.8, 4) is 0 Å². The highest BCUT2D eigenvalue weighted by molar-refractivity contribution is 9.10. The summed E-state index contributed by atoms with van der Waals surface area (Å²) in [6.45, 7) is 3.44. The van der Waals surface area contributed by atoms with E-state index in [1.54, 1.807) is 13.0 Å². The number of hydrogen-bond donors (Lipinski definition) is 3. The van der Waals surface area contributed by atoms with Crippen LogP contribution >= 0.6 is 27.5 Å². The van der Waals surface area contributed by atoms with Crippen molar-refractivity contribution in [2.75, 3.05) is 11.9 Å². The minimum atomic E-state index is -0.390. The molecule has 17 heavy (non-hydrogen) atoms. The summed E-state index contributed by atoms with van der Waals surface area (Å²) in [6, 6.07) is 2.87. The Hall–Kier alpha value is -0.780. The first-order valence-corrected chi connectivity index (χ1v) is 6.25. The molecule has 1 aromatic carbocycles. The lowest BCUT2D eigenvalue weighted by molar-refractivity contribution is 0.229. The molecule has 0 unspecified atom stereocenters. The normalized spacial score (nSPS) is 12.1. The van der Waals surface area contributed by atoms with Gasteiger partial charge in [0.2, 0.25) is 0 Å². The number of benzene rings is 1. The highest BCUT2D eigenvalue weighted by Gasteiger charge is 2.11. The van der Waals surface area contributed by atoms with Crippen molar-refractivity contribution < 1.29 is 9.90 Å². The Morgan fingerprint density at radius 2 is 2.24 bits per heavy atom. The van der Waals surface area contributed by atoms with Gasteiger partial charge >= 0.3 is 6.03 Å². The van der Waals surface area contributed by atoms with Gasteiger partial charge in [0.15, 0.2) is 0 Å². The van der Waals surface area contributed by atoms with E-state index in [1.165, 1.54) is 0 Å². The predicted octanol–water partition coefficient (Wildman–Crippen LogP) is 2.91. The highest BCUT2D eigenvalue weighted by Crippen LogP contribution is 2.29. The van der Waals surface area contributed by atoms with Gasteiger partial charge < -0.3 is 15.7 Å². The van der Waals surface area contributed by atoms with E-state index in [4.69, 9.17) is 16.7 Å². The fourth-order valence-corrected chi connectivity index (χ4v) is 2.30. The number of hydrogen-bond acceptors (Lipinski definition) is 2. The Morgan fingerprint density at radius 3 is 2.76 bits per heavy atom. The van der Waals surface area contributed by atoms with E-state index in [9.17, 15) is 4.79 Å². The average Bonchev–Trinajstić information content (AvgIpc) is 2.23. The number of rotatable bonds is 3. The summed E-state index contributed by atoms with van der Waals surface area (Å²) in [5, 5.41) is 14.5. The lowest BCUT2D eigenvalue weighted by Gasteiger charge is -2.14. The smallest absolute Gasteiger partial charge is 0.319 e.